The number of nitrogens with one attached hydrogen (secondary N) is 1. The third-order valence-corrected chi connectivity index (χ3v) is 6.13. The summed E-state index contributed by atoms with van der Waals surface area (Å²) in [5, 5.41) is 21.2. The maximum atomic E-state index is 13.4. The zero-order valence-electron chi connectivity index (χ0n) is 19.4. The Hall–Kier alpha value is -3.97. The second kappa shape index (κ2) is 9.82. The number of anilines is 3. The monoisotopic (exact) mass is 516 g/mol. The Morgan fingerprint density at radius 1 is 1.24 bits per heavy atom. The van der Waals surface area contributed by atoms with Gasteiger partial charge < -0.3 is 25.2 Å². The van der Waals surface area contributed by atoms with Crippen molar-refractivity contribution in [2.75, 3.05) is 41.4 Å². The van der Waals surface area contributed by atoms with Crippen LogP contribution in [0.4, 0.5) is 35.2 Å². The number of carbonyl (C=O) groups is 1. The predicted molar refractivity (Wildman–Crippen MR) is 127 cm³/mol. The molecule has 2 aromatic heterocycles. The summed E-state index contributed by atoms with van der Waals surface area (Å²) < 4.78 is 45.1. The van der Waals surface area contributed by atoms with Crippen molar-refractivity contribution in [3.05, 3.63) is 54.5 Å². The smallest absolute Gasteiger partial charge is 0.416 e. The van der Waals surface area contributed by atoms with Crippen molar-refractivity contribution in [1.29, 1.82) is 0 Å². The second-order valence-electron chi connectivity index (χ2n) is 8.73. The van der Waals surface area contributed by atoms with E-state index in [-0.39, 0.29) is 29.8 Å². The molecule has 2 aliphatic heterocycles. The van der Waals surface area contributed by atoms with Crippen LogP contribution in [0.25, 0.3) is 11.4 Å². The topological polar surface area (TPSA) is 124 Å². The van der Waals surface area contributed by atoms with E-state index >= 15 is 0 Å². The Morgan fingerprint density at radius 3 is 2.86 bits per heavy atom. The molecule has 2 aliphatic rings. The fourth-order valence-electron chi connectivity index (χ4n) is 4.34. The van der Waals surface area contributed by atoms with Crippen molar-refractivity contribution in [3.63, 3.8) is 0 Å². The highest BCUT2D eigenvalue weighted by Crippen LogP contribution is 2.40. The van der Waals surface area contributed by atoms with Gasteiger partial charge in [0, 0.05) is 24.7 Å². The van der Waals surface area contributed by atoms with Gasteiger partial charge in [-0.2, -0.15) is 13.2 Å². The van der Waals surface area contributed by atoms with Gasteiger partial charge in [-0.25, -0.2) is 14.8 Å². The van der Waals surface area contributed by atoms with Gasteiger partial charge in [-0.3, -0.25) is 9.88 Å². The lowest BCUT2D eigenvalue weighted by Crippen LogP contribution is -2.48. The molecule has 3 aromatic rings. The van der Waals surface area contributed by atoms with Crippen LogP contribution in [0.1, 0.15) is 12.0 Å². The van der Waals surface area contributed by atoms with E-state index in [1.807, 2.05) is 4.90 Å². The number of carbonyl (C=O) groups excluding carboxylic acids is 1. The summed E-state index contributed by atoms with van der Waals surface area (Å²) in [6, 6.07) is 5.58. The van der Waals surface area contributed by atoms with E-state index in [1.165, 1.54) is 41.7 Å². The predicted octanol–water partition coefficient (Wildman–Crippen LogP) is 2.92. The maximum absolute atomic E-state index is 13.4. The van der Waals surface area contributed by atoms with Gasteiger partial charge in [-0.15, -0.1) is 0 Å². The van der Waals surface area contributed by atoms with E-state index in [1.54, 1.807) is 0 Å². The molecule has 0 radical (unpaired) electrons. The van der Waals surface area contributed by atoms with Crippen molar-refractivity contribution in [2.45, 2.75) is 24.7 Å². The number of benzene rings is 1. The SMILES string of the molecule is O=C(Nc1cncc(OC[C@@H](O)CO)c1)N1c2nc(-c3cccc(C(F)(F)F)c3)ncc2N2CCC1C2. The molecule has 5 rings (SSSR count). The number of hydrogen-bond acceptors (Lipinski definition) is 8. The molecule has 2 amide bonds. The van der Waals surface area contributed by atoms with E-state index in [4.69, 9.17) is 9.84 Å². The van der Waals surface area contributed by atoms with Crippen LogP contribution in [-0.2, 0) is 6.18 Å². The normalized spacial score (nSPS) is 17.4. The minimum absolute atomic E-state index is 0.0738. The highest BCUT2D eigenvalue weighted by molar-refractivity contribution is 6.04. The third-order valence-electron chi connectivity index (χ3n) is 6.13. The molecule has 0 spiro atoms. The van der Waals surface area contributed by atoms with Crippen LogP contribution >= 0.6 is 0 Å². The lowest BCUT2D eigenvalue weighted by molar-refractivity contribution is -0.137. The Bertz CT molecular complexity index is 1310. The fraction of sp³-hybridized carbons (Fsp3) is 0.333. The minimum Gasteiger partial charge on any atom is -0.489 e. The molecule has 13 heteroatoms. The maximum Gasteiger partial charge on any atom is 0.416 e. The Labute approximate surface area is 209 Å². The lowest BCUT2D eigenvalue weighted by Gasteiger charge is -2.35. The number of rotatable bonds is 6. The number of alkyl halides is 3. The summed E-state index contributed by atoms with van der Waals surface area (Å²) in [4.78, 5) is 29.8. The van der Waals surface area contributed by atoms with Crippen molar-refractivity contribution in [2.24, 2.45) is 0 Å². The lowest BCUT2D eigenvalue weighted by atomic mass is 10.1. The summed E-state index contributed by atoms with van der Waals surface area (Å²) >= 11 is 0. The molecule has 194 valence electrons. The van der Waals surface area contributed by atoms with Gasteiger partial charge in [0.2, 0.25) is 0 Å². The van der Waals surface area contributed by atoms with Gasteiger partial charge in [0.15, 0.2) is 11.6 Å². The van der Waals surface area contributed by atoms with E-state index < -0.39 is 30.5 Å². The Kier molecular flexibility index (Phi) is 6.56. The fourth-order valence-corrected chi connectivity index (χ4v) is 4.34. The summed E-state index contributed by atoms with van der Waals surface area (Å²) in [7, 11) is 0. The molecule has 3 N–H and O–H groups in total. The molecule has 1 fully saturated rings. The molecule has 2 bridgehead atoms. The number of aromatic nitrogens is 3. The van der Waals surface area contributed by atoms with Gasteiger partial charge in [-0.1, -0.05) is 12.1 Å². The summed E-state index contributed by atoms with van der Waals surface area (Å²) in [5.74, 6) is 0.662. The van der Waals surface area contributed by atoms with Gasteiger partial charge in [0.25, 0.3) is 0 Å². The highest BCUT2D eigenvalue weighted by Gasteiger charge is 2.41. The summed E-state index contributed by atoms with van der Waals surface area (Å²) in [6.45, 7) is 0.655. The quantitative estimate of drug-likeness (QED) is 0.457. The third kappa shape index (κ3) is 5.13. The zero-order chi connectivity index (χ0) is 26.2. The average molecular weight is 516 g/mol. The van der Waals surface area contributed by atoms with Gasteiger partial charge in [-0.05, 0) is 18.6 Å². The molecular weight excluding hydrogens is 493 g/mol. The number of pyridine rings is 1. The first-order chi connectivity index (χ1) is 17.7. The molecule has 10 nitrogen and oxygen atoms in total. The Balaban J connectivity index is 1.42. The van der Waals surface area contributed by atoms with Crippen LogP contribution in [0.3, 0.4) is 0 Å². The van der Waals surface area contributed by atoms with Crippen LogP contribution in [0.15, 0.2) is 48.9 Å². The number of ether oxygens (including phenoxy) is 1. The molecule has 2 atom stereocenters. The number of aliphatic hydroxyl groups is 2. The molecule has 1 saturated heterocycles. The molecule has 1 unspecified atom stereocenters. The Morgan fingerprint density at radius 2 is 2.08 bits per heavy atom. The van der Waals surface area contributed by atoms with E-state index in [0.29, 0.717) is 36.7 Å². The number of urea groups is 1. The number of fused-ring (bicyclic) bond motifs is 4. The molecule has 0 saturated carbocycles. The van der Waals surface area contributed by atoms with Crippen molar-refractivity contribution < 1.29 is 32.9 Å². The van der Waals surface area contributed by atoms with Crippen LogP contribution in [-0.4, -0.2) is 69.6 Å². The summed E-state index contributed by atoms with van der Waals surface area (Å²) in [5.41, 5.74) is 0.318. The number of nitrogens with zero attached hydrogens (tertiary/aromatic N) is 5. The standard InChI is InChI=1S/C24H23F3N6O4/c25-24(26,27)15-3-1-2-14(6-15)21-29-10-20-22(31-21)33(17-4-5-32(20)11-17)23(36)30-16-7-19(9-28-8-16)37-13-18(35)12-34/h1-3,6-10,17-18,34-35H,4-5,11-13H2,(H,30,36)/t17?,18-/m0/s1. The zero-order valence-corrected chi connectivity index (χ0v) is 19.4. The number of amides is 2. The number of hydrogen-bond donors (Lipinski definition) is 3. The first kappa shape index (κ1) is 24.7. The van der Waals surface area contributed by atoms with Crippen molar-refractivity contribution in [1.82, 2.24) is 15.0 Å². The number of halogens is 3. The van der Waals surface area contributed by atoms with E-state index in [0.717, 1.165) is 12.1 Å². The van der Waals surface area contributed by atoms with E-state index in [2.05, 4.69) is 20.3 Å². The molecule has 0 aliphatic carbocycles. The highest BCUT2D eigenvalue weighted by atomic mass is 19.4. The second-order valence-corrected chi connectivity index (χ2v) is 8.73. The van der Waals surface area contributed by atoms with Gasteiger partial charge in [0.1, 0.15) is 18.5 Å². The van der Waals surface area contributed by atoms with Crippen molar-refractivity contribution in [3.8, 4) is 17.1 Å². The molecule has 37 heavy (non-hydrogen) atoms. The first-order valence-electron chi connectivity index (χ1n) is 11.5. The van der Waals surface area contributed by atoms with Gasteiger partial charge >= 0.3 is 12.2 Å². The molecular formula is C24H23F3N6O4. The van der Waals surface area contributed by atoms with E-state index in [9.17, 15) is 23.1 Å². The molecule has 4 heterocycles. The van der Waals surface area contributed by atoms with Crippen LogP contribution < -0.4 is 19.9 Å². The number of aliphatic hydroxyl groups excluding tert-OH is 2. The van der Waals surface area contributed by atoms with Gasteiger partial charge in [0.05, 0.1) is 48.2 Å². The van der Waals surface area contributed by atoms with Crippen LogP contribution in [0.5, 0.6) is 5.75 Å². The van der Waals surface area contributed by atoms with Crippen LogP contribution in [0, 0.1) is 0 Å². The van der Waals surface area contributed by atoms with Crippen molar-refractivity contribution >= 4 is 23.2 Å². The largest absolute Gasteiger partial charge is 0.489 e. The molecule has 1 aromatic carbocycles. The summed E-state index contributed by atoms with van der Waals surface area (Å²) in [6.07, 6.45) is -0.527. The average Bonchev–Trinajstić information content (AvgIpc) is 3.31. The minimum atomic E-state index is -4.51. The van der Waals surface area contributed by atoms with Crippen LogP contribution in [0.2, 0.25) is 0 Å². The first-order valence-corrected chi connectivity index (χ1v) is 11.5.